The number of halogens is 2. The molecular formula is C19H20F2N6O. The molecule has 0 amide bonds. The van der Waals surface area contributed by atoms with Crippen LogP contribution in [0.5, 0.6) is 0 Å². The second-order valence-electron chi connectivity index (χ2n) is 6.01. The molecule has 9 heteroatoms. The van der Waals surface area contributed by atoms with E-state index in [0.29, 0.717) is 41.9 Å². The Hall–Kier alpha value is -3.36. The molecule has 1 atom stereocenters. The first-order chi connectivity index (χ1) is 13.6. The van der Waals surface area contributed by atoms with Crippen LogP contribution in [0.1, 0.15) is 24.4 Å². The van der Waals surface area contributed by atoms with Crippen LogP contribution in [-0.4, -0.2) is 34.7 Å². The van der Waals surface area contributed by atoms with Crippen LogP contribution >= 0.6 is 0 Å². The topological polar surface area (TPSA) is 88.2 Å². The fraction of sp³-hybridized carbons (Fsp3) is 0.263. The summed E-state index contributed by atoms with van der Waals surface area (Å²) in [7, 11) is 1.61. The Morgan fingerprint density at radius 2 is 2.11 bits per heavy atom. The molecule has 3 aromatic rings. The monoisotopic (exact) mass is 386 g/mol. The van der Waals surface area contributed by atoms with Crippen LogP contribution in [0.25, 0.3) is 11.6 Å². The van der Waals surface area contributed by atoms with Gasteiger partial charge in [0.15, 0.2) is 11.8 Å². The summed E-state index contributed by atoms with van der Waals surface area (Å²) in [6, 6.07) is 8.54. The van der Waals surface area contributed by atoms with E-state index in [4.69, 9.17) is 4.52 Å². The third kappa shape index (κ3) is 4.87. The van der Waals surface area contributed by atoms with Gasteiger partial charge in [0.1, 0.15) is 17.3 Å². The van der Waals surface area contributed by atoms with Gasteiger partial charge in [-0.2, -0.15) is 4.98 Å². The normalized spacial score (nSPS) is 12.6. The number of aliphatic imine (C=N–C) groups is 1. The average molecular weight is 386 g/mol. The van der Waals surface area contributed by atoms with Crippen molar-refractivity contribution in [2.24, 2.45) is 4.99 Å². The van der Waals surface area contributed by atoms with Crippen molar-refractivity contribution in [2.75, 3.05) is 13.6 Å². The third-order valence-corrected chi connectivity index (χ3v) is 4.00. The van der Waals surface area contributed by atoms with E-state index in [-0.39, 0.29) is 0 Å². The molecule has 0 spiro atoms. The van der Waals surface area contributed by atoms with Gasteiger partial charge in [-0.1, -0.05) is 17.3 Å². The Morgan fingerprint density at radius 1 is 1.25 bits per heavy atom. The van der Waals surface area contributed by atoms with Crippen LogP contribution in [0.15, 0.2) is 52.1 Å². The van der Waals surface area contributed by atoms with Crippen LogP contribution < -0.4 is 10.6 Å². The summed E-state index contributed by atoms with van der Waals surface area (Å²) in [4.78, 5) is 12.6. The lowest BCUT2D eigenvalue weighted by Gasteiger charge is -2.18. The van der Waals surface area contributed by atoms with E-state index in [1.165, 1.54) is 12.1 Å². The summed E-state index contributed by atoms with van der Waals surface area (Å²) >= 11 is 0. The molecule has 1 unspecified atom stereocenters. The van der Waals surface area contributed by atoms with Gasteiger partial charge in [-0.05, 0) is 25.1 Å². The first-order valence-corrected chi connectivity index (χ1v) is 8.73. The number of benzene rings is 1. The number of rotatable bonds is 6. The van der Waals surface area contributed by atoms with Gasteiger partial charge in [0.2, 0.25) is 0 Å². The van der Waals surface area contributed by atoms with E-state index in [1.54, 1.807) is 26.2 Å². The zero-order valence-electron chi connectivity index (χ0n) is 15.5. The zero-order chi connectivity index (χ0) is 19.9. The van der Waals surface area contributed by atoms with E-state index in [1.807, 2.05) is 12.1 Å². The number of hydrogen-bond donors (Lipinski definition) is 2. The minimum Gasteiger partial charge on any atom is -0.356 e. The maximum atomic E-state index is 13.9. The summed E-state index contributed by atoms with van der Waals surface area (Å²) < 4.78 is 32.2. The summed E-state index contributed by atoms with van der Waals surface area (Å²) in [5, 5.41) is 10.1. The van der Waals surface area contributed by atoms with Crippen molar-refractivity contribution in [1.29, 1.82) is 0 Å². The molecule has 2 N–H and O–H groups in total. The Balaban J connectivity index is 1.53. The van der Waals surface area contributed by atoms with Gasteiger partial charge in [0, 0.05) is 37.8 Å². The molecule has 0 aliphatic heterocycles. The second-order valence-corrected chi connectivity index (χ2v) is 6.01. The van der Waals surface area contributed by atoms with Gasteiger partial charge < -0.3 is 15.2 Å². The van der Waals surface area contributed by atoms with Crippen LogP contribution in [0.2, 0.25) is 0 Å². The SMILES string of the molecule is CN=C(NCCc1noc(-c2ccccn2)n1)NC(C)c1ccc(F)cc1F. The van der Waals surface area contributed by atoms with E-state index in [0.717, 1.165) is 6.07 Å². The molecule has 28 heavy (non-hydrogen) atoms. The molecule has 0 saturated carbocycles. The van der Waals surface area contributed by atoms with Crippen molar-refractivity contribution >= 4 is 5.96 Å². The highest BCUT2D eigenvalue weighted by atomic mass is 19.1. The maximum absolute atomic E-state index is 13.9. The first-order valence-electron chi connectivity index (χ1n) is 8.73. The summed E-state index contributed by atoms with van der Waals surface area (Å²) in [6.45, 7) is 2.25. The van der Waals surface area contributed by atoms with E-state index < -0.39 is 17.7 Å². The van der Waals surface area contributed by atoms with Crippen LogP contribution in [0.4, 0.5) is 8.78 Å². The summed E-state index contributed by atoms with van der Waals surface area (Å²) in [5.41, 5.74) is 0.962. The zero-order valence-corrected chi connectivity index (χ0v) is 15.5. The Kier molecular flexibility index (Phi) is 6.25. The predicted octanol–water partition coefficient (Wildman–Crippen LogP) is 2.88. The molecule has 7 nitrogen and oxygen atoms in total. The van der Waals surface area contributed by atoms with Crippen molar-refractivity contribution in [1.82, 2.24) is 25.8 Å². The molecule has 0 saturated heterocycles. The number of hydrogen-bond acceptors (Lipinski definition) is 5. The Morgan fingerprint density at radius 3 is 2.82 bits per heavy atom. The lowest BCUT2D eigenvalue weighted by molar-refractivity contribution is 0.421. The van der Waals surface area contributed by atoms with Crippen molar-refractivity contribution in [3.63, 3.8) is 0 Å². The van der Waals surface area contributed by atoms with Gasteiger partial charge in [0.25, 0.3) is 5.89 Å². The smallest absolute Gasteiger partial charge is 0.276 e. The largest absolute Gasteiger partial charge is 0.356 e. The van der Waals surface area contributed by atoms with Gasteiger partial charge in [-0.25, -0.2) is 8.78 Å². The second kappa shape index (κ2) is 9.03. The summed E-state index contributed by atoms with van der Waals surface area (Å²) in [5.74, 6) is 0.148. The minimum atomic E-state index is -0.610. The molecule has 0 bridgehead atoms. The Bertz CT molecular complexity index is 945. The molecule has 1 aromatic carbocycles. The number of nitrogens with one attached hydrogen (secondary N) is 2. The highest BCUT2D eigenvalue weighted by Crippen LogP contribution is 2.17. The van der Waals surface area contributed by atoms with Crippen LogP contribution in [-0.2, 0) is 6.42 Å². The van der Waals surface area contributed by atoms with Gasteiger partial charge in [-0.15, -0.1) is 0 Å². The molecule has 2 aromatic heterocycles. The van der Waals surface area contributed by atoms with Crippen LogP contribution in [0, 0.1) is 11.6 Å². The van der Waals surface area contributed by atoms with Crippen molar-refractivity contribution in [3.8, 4) is 11.6 Å². The number of pyridine rings is 1. The van der Waals surface area contributed by atoms with E-state index >= 15 is 0 Å². The van der Waals surface area contributed by atoms with E-state index in [2.05, 4.69) is 30.8 Å². The molecule has 0 radical (unpaired) electrons. The molecule has 0 aliphatic rings. The fourth-order valence-corrected chi connectivity index (χ4v) is 2.57. The molecule has 0 aliphatic carbocycles. The molecule has 2 heterocycles. The lowest BCUT2D eigenvalue weighted by atomic mass is 10.1. The van der Waals surface area contributed by atoms with Gasteiger partial charge in [0.05, 0.1) is 6.04 Å². The number of nitrogens with zero attached hydrogens (tertiary/aromatic N) is 4. The molecular weight excluding hydrogens is 366 g/mol. The van der Waals surface area contributed by atoms with Gasteiger partial charge >= 0.3 is 0 Å². The molecule has 0 fully saturated rings. The number of guanidine groups is 1. The summed E-state index contributed by atoms with van der Waals surface area (Å²) in [6.07, 6.45) is 2.15. The maximum Gasteiger partial charge on any atom is 0.276 e. The van der Waals surface area contributed by atoms with E-state index in [9.17, 15) is 8.78 Å². The van der Waals surface area contributed by atoms with Gasteiger partial charge in [-0.3, -0.25) is 9.98 Å². The quantitative estimate of drug-likeness (QED) is 0.500. The van der Waals surface area contributed by atoms with Crippen molar-refractivity contribution in [2.45, 2.75) is 19.4 Å². The first kappa shape index (κ1) is 19.4. The standard InChI is InChI=1S/C19H20F2N6O/c1-12(14-7-6-13(20)11-15(14)21)25-19(22-2)24-10-8-17-26-18(28-27-17)16-5-3-4-9-23-16/h3-7,9,11-12H,8,10H2,1-2H3,(H2,22,24,25). The molecule has 146 valence electrons. The predicted molar refractivity (Wildman–Crippen MR) is 101 cm³/mol. The highest BCUT2D eigenvalue weighted by molar-refractivity contribution is 5.80. The Labute approximate surface area is 160 Å². The minimum absolute atomic E-state index is 0.350. The molecule has 3 rings (SSSR count). The highest BCUT2D eigenvalue weighted by Gasteiger charge is 2.14. The number of aromatic nitrogens is 3. The fourth-order valence-electron chi connectivity index (χ4n) is 2.57. The average Bonchev–Trinajstić information content (AvgIpc) is 3.16. The van der Waals surface area contributed by atoms with Crippen molar-refractivity contribution < 1.29 is 13.3 Å². The lowest BCUT2D eigenvalue weighted by Crippen LogP contribution is -2.39. The third-order valence-electron chi connectivity index (χ3n) is 4.00. The van der Waals surface area contributed by atoms with Crippen LogP contribution in [0.3, 0.4) is 0 Å². The van der Waals surface area contributed by atoms with Crippen molar-refractivity contribution in [3.05, 3.63) is 65.6 Å².